The van der Waals surface area contributed by atoms with Gasteiger partial charge in [0, 0.05) is 22.9 Å². The van der Waals surface area contributed by atoms with Crippen LogP contribution >= 0.6 is 12.2 Å². The van der Waals surface area contributed by atoms with Gasteiger partial charge in [-0.3, -0.25) is 14.9 Å². The smallest absolute Gasteiger partial charge is 0.257 e. The van der Waals surface area contributed by atoms with Crippen LogP contribution in [0.1, 0.15) is 48.5 Å². The zero-order valence-electron chi connectivity index (χ0n) is 17.3. The molecule has 0 radical (unpaired) electrons. The zero-order chi connectivity index (χ0) is 21.5. The minimum Gasteiger partial charge on any atom is -0.494 e. The van der Waals surface area contributed by atoms with Crippen molar-refractivity contribution in [1.82, 2.24) is 5.32 Å². The van der Waals surface area contributed by atoms with E-state index in [0.717, 1.165) is 36.9 Å². The van der Waals surface area contributed by atoms with E-state index in [4.69, 9.17) is 17.0 Å². The third-order valence-corrected chi connectivity index (χ3v) is 5.00. The van der Waals surface area contributed by atoms with Gasteiger partial charge >= 0.3 is 0 Å². The lowest BCUT2D eigenvalue weighted by atomic mass is 10.1. The number of thiocarbonyl (C=S) groups is 1. The molecule has 0 saturated heterocycles. The second-order valence-corrected chi connectivity index (χ2v) is 7.84. The third-order valence-electron chi connectivity index (χ3n) is 4.79. The molecule has 30 heavy (non-hydrogen) atoms. The predicted molar refractivity (Wildman–Crippen MR) is 123 cm³/mol. The highest BCUT2D eigenvalue weighted by molar-refractivity contribution is 7.80. The lowest BCUT2D eigenvalue weighted by Gasteiger charge is -2.13. The molecule has 1 fully saturated rings. The maximum atomic E-state index is 12.5. The molecular weight excluding hydrogens is 398 g/mol. The molecule has 158 valence electrons. The second-order valence-electron chi connectivity index (χ2n) is 7.43. The van der Waals surface area contributed by atoms with Crippen molar-refractivity contribution in [2.45, 2.75) is 39.5 Å². The summed E-state index contributed by atoms with van der Waals surface area (Å²) in [5.41, 5.74) is 2.86. The van der Waals surface area contributed by atoms with Gasteiger partial charge in [0.05, 0.1) is 6.61 Å². The molecular formula is C23H27N3O3S. The number of carbonyl (C=O) groups excluding carboxylic acids is 2. The summed E-state index contributed by atoms with van der Waals surface area (Å²) in [6.07, 6.45) is 3.91. The number of nitrogens with one attached hydrogen (secondary N) is 3. The molecule has 7 heteroatoms. The van der Waals surface area contributed by atoms with Gasteiger partial charge in [-0.2, -0.15) is 0 Å². The van der Waals surface area contributed by atoms with E-state index < -0.39 is 0 Å². The molecule has 2 aromatic carbocycles. The summed E-state index contributed by atoms with van der Waals surface area (Å²) >= 11 is 5.28. The number of ether oxygens (including phenoxy) is 1. The van der Waals surface area contributed by atoms with Gasteiger partial charge in [-0.15, -0.1) is 0 Å². The first-order valence-corrected chi connectivity index (χ1v) is 10.6. The van der Waals surface area contributed by atoms with Gasteiger partial charge in [0.15, 0.2) is 5.11 Å². The van der Waals surface area contributed by atoms with Gasteiger partial charge in [0.1, 0.15) is 5.75 Å². The van der Waals surface area contributed by atoms with Gasteiger partial charge in [0.25, 0.3) is 5.91 Å². The van der Waals surface area contributed by atoms with Crippen molar-refractivity contribution in [3.63, 3.8) is 0 Å². The molecule has 0 unspecified atom stereocenters. The van der Waals surface area contributed by atoms with E-state index in [1.807, 2.05) is 31.2 Å². The highest BCUT2D eigenvalue weighted by atomic mass is 32.1. The number of unbranched alkanes of at least 4 members (excludes halogenated alkanes) is 1. The van der Waals surface area contributed by atoms with Crippen molar-refractivity contribution in [3.05, 3.63) is 53.6 Å². The van der Waals surface area contributed by atoms with E-state index in [2.05, 4.69) is 22.9 Å². The van der Waals surface area contributed by atoms with Crippen LogP contribution in [0.5, 0.6) is 5.75 Å². The summed E-state index contributed by atoms with van der Waals surface area (Å²) in [4.78, 5) is 24.6. The van der Waals surface area contributed by atoms with Crippen molar-refractivity contribution in [1.29, 1.82) is 0 Å². The number of anilines is 2. The molecule has 6 nitrogen and oxygen atoms in total. The van der Waals surface area contributed by atoms with Crippen molar-refractivity contribution in [2.24, 2.45) is 5.92 Å². The molecule has 3 rings (SSSR count). The average Bonchev–Trinajstić information content (AvgIpc) is 3.56. The van der Waals surface area contributed by atoms with E-state index >= 15 is 0 Å². The Morgan fingerprint density at radius 2 is 1.93 bits per heavy atom. The van der Waals surface area contributed by atoms with Crippen LogP contribution in [0.4, 0.5) is 11.4 Å². The molecule has 2 amide bonds. The molecule has 0 spiro atoms. The minimum absolute atomic E-state index is 0.0483. The number of benzene rings is 2. The predicted octanol–water partition coefficient (Wildman–Crippen LogP) is 4.65. The van der Waals surface area contributed by atoms with E-state index in [0.29, 0.717) is 23.6 Å². The lowest BCUT2D eigenvalue weighted by molar-refractivity contribution is -0.117. The number of hydrogen-bond donors (Lipinski definition) is 3. The number of amides is 2. The summed E-state index contributed by atoms with van der Waals surface area (Å²) in [6, 6.07) is 12.6. The first-order chi connectivity index (χ1) is 14.5. The van der Waals surface area contributed by atoms with E-state index in [-0.39, 0.29) is 22.8 Å². The van der Waals surface area contributed by atoms with Crippen LogP contribution in [0.15, 0.2) is 42.5 Å². The quantitative estimate of drug-likeness (QED) is 0.424. The topological polar surface area (TPSA) is 79.5 Å². The lowest BCUT2D eigenvalue weighted by Crippen LogP contribution is -2.34. The monoisotopic (exact) mass is 425 g/mol. The van der Waals surface area contributed by atoms with Crippen molar-refractivity contribution >= 4 is 40.5 Å². The van der Waals surface area contributed by atoms with Gasteiger partial charge in [-0.1, -0.05) is 25.5 Å². The fraction of sp³-hybridized carbons (Fsp3) is 0.348. The molecule has 0 atom stereocenters. The van der Waals surface area contributed by atoms with Crippen molar-refractivity contribution < 1.29 is 14.3 Å². The molecule has 0 aromatic heterocycles. The van der Waals surface area contributed by atoms with Crippen LogP contribution in [-0.4, -0.2) is 23.5 Å². The number of carbonyl (C=O) groups is 2. The summed E-state index contributed by atoms with van der Waals surface area (Å²) in [5.74, 6) is 0.516. The average molecular weight is 426 g/mol. The summed E-state index contributed by atoms with van der Waals surface area (Å²) in [5, 5.41) is 8.82. The Labute approximate surface area is 182 Å². The normalized spacial score (nSPS) is 12.7. The summed E-state index contributed by atoms with van der Waals surface area (Å²) in [6.45, 7) is 4.65. The summed E-state index contributed by atoms with van der Waals surface area (Å²) < 4.78 is 5.65. The molecule has 1 saturated carbocycles. The Kier molecular flexibility index (Phi) is 7.41. The van der Waals surface area contributed by atoms with E-state index in [1.54, 1.807) is 18.2 Å². The molecule has 2 aromatic rings. The Balaban J connectivity index is 1.58. The Hall–Kier alpha value is -2.93. The Bertz CT molecular complexity index is 941. The van der Waals surface area contributed by atoms with E-state index in [9.17, 15) is 9.59 Å². The Morgan fingerprint density at radius 1 is 1.13 bits per heavy atom. The molecule has 1 aliphatic rings. The zero-order valence-corrected chi connectivity index (χ0v) is 18.1. The maximum absolute atomic E-state index is 12.5. The fourth-order valence-electron chi connectivity index (χ4n) is 2.81. The molecule has 0 bridgehead atoms. The maximum Gasteiger partial charge on any atom is 0.257 e. The van der Waals surface area contributed by atoms with Gasteiger partial charge < -0.3 is 15.4 Å². The van der Waals surface area contributed by atoms with Crippen LogP contribution in [0.25, 0.3) is 0 Å². The number of rotatable bonds is 8. The van der Waals surface area contributed by atoms with Crippen LogP contribution in [0, 0.1) is 12.8 Å². The van der Waals surface area contributed by atoms with Crippen LogP contribution < -0.4 is 20.7 Å². The fourth-order valence-corrected chi connectivity index (χ4v) is 3.02. The first kappa shape index (κ1) is 21.8. The highest BCUT2D eigenvalue weighted by Crippen LogP contribution is 2.31. The minimum atomic E-state index is -0.317. The van der Waals surface area contributed by atoms with Crippen molar-refractivity contribution in [3.8, 4) is 5.75 Å². The van der Waals surface area contributed by atoms with Gasteiger partial charge in [0.2, 0.25) is 5.91 Å². The van der Waals surface area contributed by atoms with Crippen LogP contribution in [0.3, 0.4) is 0 Å². The molecule has 3 N–H and O–H groups in total. The van der Waals surface area contributed by atoms with Crippen LogP contribution in [0.2, 0.25) is 0 Å². The molecule has 1 aliphatic carbocycles. The third kappa shape index (κ3) is 6.29. The van der Waals surface area contributed by atoms with Gasteiger partial charge in [-0.25, -0.2) is 0 Å². The van der Waals surface area contributed by atoms with E-state index in [1.165, 1.54) is 0 Å². The standard InChI is InChI=1S/C23H27N3O3S/c1-3-4-12-29-19-7-5-6-17(13-19)22(28)26-23(30)24-18-11-8-15(2)20(14-18)25-21(27)16-9-10-16/h5-8,11,13-14,16H,3-4,9-10,12H2,1-2H3,(H,25,27)(H2,24,26,28,30). The highest BCUT2D eigenvalue weighted by Gasteiger charge is 2.29. The van der Waals surface area contributed by atoms with Crippen molar-refractivity contribution in [2.75, 3.05) is 17.2 Å². The first-order valence-electron chi connectivity index (χ1n) is 10.2. The molecule has 0 heterocycles. The van der Waals surface area contributed by atoms with Gasteiger partial charge in [-0.05, 0) is 74.3 Å². The largest absolute Gasteiger partial charge is 0.494 e. The SMILES string of the molecule is CCCCOc1cccc(C(=O)NC(=S)Nc2ccc(C)c(NC(=O)C3CC3)c2)c1. The Morgan fingerprint density at radius 3 is 2.67 bits per heavy atom. The second kappa shape index (κ2) is 10.2. The summed E-state index contributed by atoms with van der Waals surface area (Å²) in [7, 11) is 0. The molecule has 0 aliphatic heterocycles. The number of hydrogen-bond acceptors (Lipinski definition) is 4. The number of aryl methyl sites for hydroxylation is 1. The van der Waals surface area contributed by atoms with Crippen LogP contribution in [-0.2, 0) is 4.79 Å².